The molecule has 2 aromatic carbocycles. The lowest BCUT2D eigenvalue weighted by Gasteiger charge is -2.19. The Morgan fingerprint density at radius 1 is 1.08 bits per heavy atom. The number of nitrogens with zero attached hydrogens (tertiary/aromatic N) is 1. The molecule has 128 valence electrons. The summed E-state index contributed by atoms with van der Waals surface area (Å²) in [5.41, 5.74) is 2.67. The average molecular weight is 354 g/mol. The Labute approximate surface area is 142 Å². The molecule has 0 unspecified atom stereocenters. The van der Waals surface area contributed by atoms with E-state index >= 15 is 0 Å². The number of nitrogens with one attached hydrogen (secondary N) is 1. The number of halogens is 3. The van der Waals surface area contributed by atoms with E-state index in [1.54, 1.807) is 12.1 Å². The van der Waals surface area contributed by atoms with Crippen LogP contribution in [0.25, 0.3) is 0 Å². The summed E-state index contributed by atoms with van der Waals surface area (Å²) in [6.45, 7) is 2.69. The van der Waals surface area contributed by atoms with Gasteiger partial charge in [-0.15, -0.1) is 13.2 Å². The fourth-order valence-electron chi connectivity index (χ4n) is 2.66. The average Bonchev–Trinajstić information content (AvgIpc) is 2.95. The zero-order valence-electron chi connectivity index (χ0n) is 12.8. The van der Waals surface area contributed by atoms with Crippen LogP contribution in [0.15, 0.2) is 53.4 Å². The standard InChI is InChI=1S/C17H17F3N2OS/c18-17(19,20)23-14-5-7-15(8-6-14)24-21-10-12-22-11-9-13-3-1-2-4-16(13)22/h1-8,21H,9-12H2. The fraction of sp³-hybridized carbons (Fsp3) is 0.294. The lowest BCUT2D eigenvalue weighted by Crippen LogP contribution is -2.28. The lowest BCUT2D eigenvalue weighted by molar-refractivity contribution is -0.274. The molecule has 3 rings (SSSR count). The van der Waals surface area contributed by atoms with Gasteiger partial charge in [0, 0.05) is 30.2 Å². The van der Waals surface area contributed by atoms with Gasteiger partial charge in [-0.3, -0.25) is 4.72 Å². The first-order valence-corrected chi connectivity index (χ1v) is 8.41. The monoisotopic (exact) mass is 354 g/mol. The summed E-state index contributed by atoms with van der Waals surface area (Å²) in [6, 6.07) is 14.2. The van der Waals surface area contributed by atoms with Gasteiger partial charge in [-0.05, 0) is 54.3 Å². The SMILES string of the molecule is FC(F)(F)Oc1ccc(SNCCN2CCc3ccccc32)cc1. The predicted octanol–water partition coefficient (Wildman–Crippen LogP) is 4.24. The van der Waals surface area contributed by atoms with Crippen molar-refractivity contribution < 1.29 is 17.9 Å². The summed E-state index contributed by atoms with van der Waals surface area (Å²) >= 11 is 1.40. The van der Waals surface area contributed by atoms with Crippen LogP contribution in [0.5, 0.6) is 5.75 Å². The number of hydrogen-bond acceptors (Lipinski definition) is 4. The summed E-state index contributed by atoms with van der Waals surface area (Å²) in [5, 5.41) is 0. The highest BCUT2D eigenvalue weighted by Crippen LogP contribution is 2.27. The van der Waals surface area contributed by atoms with Crippen molar-refractivity contribution in [2.75, 3.05) is 24.5 Å². The first kappa shape index (κ1) is 17.0. The van der Waals surface area contributed by atoms with Gasteiger partial charge in [0.15, 0.2) is 0 Å². The third-order valence-electron chi connectivity index (χ3n) is 3.71. The molecule has 1 N–H and O–H groups in total. The van der Waals surface area contributed by atoms with Crippen molar-refractivity contribution in [3.05, 3.63) is 54.1 Å². The van der Waals surface area contributed by atoms with Gasteiger partial charge < -0.3 is 9.64 Å². The molecule has 0 spiro atoms. The molecule has 1 heterocycles. The number of benzene rings is 2. The Bertz CT molecular complexity index is 676. The van der Waals surface area contributed by atoms with Gasteiger partial charge in [0.05, 0.1) is 0 Å². The van der Waals surface area contributed by atoms with Crippen LogP contribution in [0.2, 0.25) is 0 Å². The van der Waals surface area contributed by atoms with Crippen molar-refractivity contribution in [2.45, 2.75) is 17.7 Å². The highest BCUT2D eigenvalue weighted by atomic mass is 32.2. The molecule has 1 aliphatic rings. The number of rotatable bonds is 6. The minimum Gasteiger partial charge on any atom is -0.406 e. The summed E-state index contributed by atoms with van der Waals surface area (Å²) < 4.78 is 43.4. The second-order valence-corrected chi connectivity index (χ2v) is 6.35. The van der Waals surface area contributed by atoms with Crippen LogP contribution in [0.3, 0.4) is 0 Å². The molecule has 0 radical (unpaired) electrons. The molecule has 0 amide bonds. The second-order valence-electron chi connectivity index (χ2n) is 5.38. The first-order valence-electron chi connectivity index (χ1n) is 7.60. The molecule has 3 nitrogen and oxygen atoms in total. The van der Waals surface area contributed by atoms with E-state index in [-0.39, 0.29) is 5.75 Å². The summed E-state index contributed by atoms with van der Waals surface area (Å²) in [5.74, 6) is -0.208. The minimum absolute atomic E-state index is 0.208. The lowest BCUT2D eigenvalue weighted by atomic mass is 10.2. The Morgan fingerprint density at radius 3 is 2.58 bits per heavy atom. The van der Waals surface area contributed by atoms with E-state index in [0.717, 1.165) is 31.0 Å². The van der Waals surface area contributed by atoms with Gasteiger partial charge in [-0.2, -0.15) is 0 Å². The van der Waals surface area contributed by atoms with E-state index in [1.807, 2.05) is 6.07 Å². The summed E-state index contributed by atoms with van der Waals surface area (Å²) in [6.07, 6.45) is -3.58. The van der Waals surface area contributed by atoms with Crippen molar-refractivity contribution >= 4 is 17.6 Å². The van der Waals surface area contributed by atoms with Gasteiger partial charge in [-0.25, -0.2) is 0 Å². The fourth-order valence-corrected chi connectivity index (χ4v) is 3.30. The van der Waals surface area contributed by atoms with Crippen molar-refractivity contribution in [1.29, 1.82) is 0 Å². The van der Waals surface area contributed by atoms with Gasteiger partial charge in [-0.1, -0.05) is 18.2 Å². The van der Waals surface area contributed by atoms with E-state index in [4.69, 9.17) is 0 Å². The smallest absolute Gasteiger partial charge is 0.406 e. The van der Waals surface area contributed by atoms with E-state index in [0.29, 0.717) is 0 Å². The number of fused-ring (bicyclic) bond motifs is 1. The summed E-state index contributed by atoms with van der Waals surface area (Å²) in [7, 11) is 0. The largest absolute Gasteiger partial charge is 0.573 e. The molecular weight excluding hydrogens is 337 g/mol. The molecule has 0 atom stereocenters. The molecule has 0 bridgehead atoms. The quantitative estimate of drug-likeness (QED) is 0.619. The number of hydrogen-bond donors (Lipinski definition) is 1. The maximum atomic E-state index is 12.1. The zero-order valence-corrected chi connectivity index (χ0v) is 13.7. The summed E-state index contributed by atoms with van der Waals surface area (Å²) in [4.78, 5) is 3.18. The predicted molar refractivity (Wildman–Crippen MR) is 89.3 cm³/mol. The number of para-hydroxylation sites is 1. The van der Waals surface area contributed by atoms with Gasteiger partial charge in [0.2, 0.25) is 0 Å². The van der Waals surface area contributed by atoms with E-state index < -0.39 is 6.36 Å². The molecule has 24 heavy (non-hydrogen) atoms. The topological polar surface area (TPSA) is 24.5 Å². The van der Waals surface area contributed by atoms with E-state index in [1.165, 1.54) is 35.3 Å². The van der Waals surface area contributed by atoms with Crippen LogP contribution in [-0.4, -0.2) is 26.0 Å². The van der Waals surface area contributed by atoms with Crippen LogP contribution in [0.1, 0.15) is 5.56 Å². The van der Waals surface area contributed by atoms with E-state index in [2.05, 4.69) is 32.6 Å². The highest BCUT2D eigenvalue weighted by Gasteiger charge is 2.30. The number of ether oxygens (including phenoxy) is 1. The molecule has 0 aromatic heterocycles. The molecule has 0 fully saturated rings. The van der Waals surface area contributed by atoms with Crippen LogP contribution >= 0.6 is 11.9 Å². The zero-order chi connectivity index (χ0) is 17.0. The van der Waals surface area contributed by atoms with Crippen LogP contribution in [0, 0.1) is 0 Å². The van der Waals surface area contributed by atoms with Crippen LogP contribution < -0.4 is 14.4 Å². The molecule has 1 aliphatic heterocycles. The molecule has 0 aliphatic carbocycles. The highest BCUT2D eigenvalue weighted by molar-refractivity contribution is 7.97. The Morgan fingerprint density at radius 2 is 1.83 bits per heavy atom. The van der Waals surface area contributed by atoms with Crippen LogP contribution in [-0.2, 0) is 6.42 Å². The van der Waals surface area contributed by atoms with E-state index in [9.17, 15) is 13.2 Å². The van der Waals surface area contributed by atoms with Gasteiger partial charge >= 0.3 is 6.36 Å². The molecule has 0 saturated heterocycles. The number of alkyl halides is 3. The molecule has 7 heteroatoms. The van der Waals surface area contributed by atoms with Crippen molar-refractivity contribution in [1.82, 2.24) is 4.72 Å². The Kier molecular flexibility index (Phi) is 5.20. The first-order chi connectivity index (χ1) is 11.5. The maximum absolute atomic E-state index is 12.1. The Balaban J connectivity index is 1.43. The third kappa shape index (κ3) is 4.58. The second kappa shape index (κ2) is 7.36. The third-order valence-corrected chi connectivity index (χ3v) is 4.57. The molecular formula is C17H17F3N2OS. The van der Waals surface area contributed by atoms with Crippen molar-refractivity contribution in [3.63, 3.8) is 0 Å². The number of anilines is 1. The van der Waals surface area contributed by atoms with Crippen molar-refractivity contribution in [3.8, 4) is 5.75 Å². The normalized spacial score (nSPS) is 13.9. The van der Waals surface area contributed by atoms with Gasteiger partial charge in [0.1, 0.15) is 5.75 Å². The maximum Gasteiger partial charge on any atom is 0.573 e. The molecule has 0 saturated carbocycles. The van der Waals surface area contributed by atoms with Crippen LogP contribution in [0.4, 0.5) is 18.9 Å². The molecule has 2 aromatic rings. The minimum atomic E-state index is -4.65. The van der Waals surface area contributed by atoms with Crippen molar-refractivity contribution in [2.24, 2.45) is 0 Å². The van der Waals surface area contributed by atoms with Gasteiger partial charge in [0.25, 0.3) is 0 Å². The Hall–Kier alpha value is -1.86.